The molecule has 2 saturated heterocycles. The predicted molar refractivity (Wildman–Crippen MR) is 72.4 cm³/mol. The Balaban J connectivity index is 2.03. The minimum absolute atomic E-state index is 0.0301. The van der Waals surface area contributed by atoms with Crippen LogP contribution in [-0.2, 0) is 14.3 Å². The summed E-state index contributed by atoms with van der Waals surface area (Å²) in [6, 6.07) is 0. The number of aliphatic hydroxyl groups is 3. The monoisotopic (exact) mass is 321 g/mol. The van der Waals surface area contributed by atoms with Gasteiger partial charge in [-0.05, 0) is 18.8 Å². The first-order chi connectivity index (χ1) is 10.2. The van der Waals surface area contributed by atoms with Gasteiger partial charge in [-0.25, -0.2) is 0 Å². The van der Waals surface area contributed by atoms with Crippen molar-refractivity contribution in [2.45, 2.75) is 56.2 Å². The lowest BCUT2D eigenvalue weighted by Gasteiger charge is -2.37. The normalized spacial score (nSPS) is 39.0. The van der Waals surface area contributed by atoms with Gasteiger partial charge in [0.1, 0.15) is 23.4 Å². The van der Waals surface area contributed by atoms with Crippen LogP contribution in [0.4, 0.5) is 0 Å². The SMILES string of the molecule is CC(C)[C@]12OC[C@@](O)(C(O)CCCO[N+](=O)[O-])[C@H]1OC[C@@H]2O. The molecule has 0 aromatic rings. The molecule has 0 radical (unpaired) electrons. The molecule has 0 aromatic heterocycles. The van der Waals surface area contributed by atoms with Crippen molar-refractivity contribution in [2.75, 3.05) is 19.8 Å². The third-order valence-corrected chi connectivity index (χ3v) is 4.66. The van der Waals surface area contributed by atoms with Gasteiger partial charge in [0.05, 0.1) is 25.9 Å². The summed E-state index contributed by atoms with van der Waals surface area (Å²) in [5, 5.41) is 40.4. The third-order valence-electron chi connectivity index (χ3n) is 4.66. The zero-order valence-electron chi connectivity index (χ0n) is 12.7. The Morgan fingerprint density at radius 1 is 1.50 bits per heavy atom. The number of hydrogen-bond acceptors (Lipinski definition) is 8. The molecule has 0 bridgehead atoms. The molecule has 2 aliphatic heterocycles. The molecule has 128 valence electrons. The van der Waals surface area contributed by atoms with E-state index in [0.29, 0.717) is 0 Å². The topological polar surface area (TPSA) is 132 Å². The fraction of sp³-hybridized carbons (Fsp3) is 1.00. The molecule has 3 N–H and O–H groups in total. The largest absolute Gasteiger partial charge is 0.390 e. The van der Waals surface area contributed by atoms with E-state index >= 15 is 0 Å². The van der Waals surface area contributed by atoms with Crippen molar-refractivity contribution in [2.24, 2.45) is 5.92 Å². The van der Waals surface area contributed by atoms with Gasteiger partial charge in [0.15, 0.2) is 0 Å². The van der Waals surface area contributed by atoms with Crippen molar-refractivity contribution in [3.63, 3.8) is 0 Å². The number of aliphatic hydroxyl groups excluding tert-OH is 2. The third kappa shape index (κ3) is 2.67. The maximum Gasteiger partial charge on any atom is 0.294 e. The van der Waals surface area contributed by atoms with E-state index in [2.05, 4.69) is 4.84 Å². The molecule has 0 aliphatic carbocycles. The van der Waals surface area contributed by atoms with Gasteiger partial charge in [-0.15, -0.1) is 10.1 Å². The molecule has 9 heteroatoms. The van der Waals surface area contributed by atoms with Crippen molar-refractivity contribution >= 4 is 0 Å². The molecular weight excluding hydrogens is 298 g/mol. The standard InChI is InChI=1S/C13H23NO8/c1-8(2)13-10(16)6-20-11(13)12(17,7-21-13)9(15)4-3-5-22-14(18)19/h8-11,15-17H,3-7H2,1-2H3/t9?,10-,11+,12+,13+/m0/s1. The van der Waals surface area contributed by atoms with Crippen LogP contribution in [0, 0.1) is 16.0 Å². The van der Waals surface area contributed by atoms with Crippen molar-refractivity contribution < 1.29 is 34.7 Å². The highest BCUT2D eigenvalue weighted by Crippen LogP contribution is 2.48. The molecule has 2 heterocycles. The Bertz CT molecular complexity index is 419. The molecule has 5 atom stereocenters. The molecule has 0 amide bonds. The van der Waals surface area contributed by atoms with Crippen molar-refractivity contribution in [1.82, 2.24) is 0 Å². The van der Waals surface area contributed by atoms with Crippen LogP contribution in [0.3, 0.4) is 0 Å². The molecule has 2 rings (SSSR count). The van der Waals surface area contributed by atoms with Gasteiger partial charge in [-0.1, -0.05) is 13.8 Å². The molecule has 22 heavy (non-hydrogen) atoms. The maximum absolute atomic E-state index is 10.8. The minimum Gasteiger partial charge on any atom is -0.390 e. The fourth-order valence-electron chi connectivity index (χ4n) is 3.44. The minimum atomic E-state index is -1.66. The van der Waals surface area contributed by atoms with E-state index in [1.165, 1.54) is 0 Å². The maximum atomic E-state index is 10.8. The van der Waals surface area contributed by atoms with E-state index in [1.807, 2.05) is 13.8 Å². The number of ether oxygens (including phenoxy) is 2. The summed E-state index contributed by atoms with van der Waals surface area (Å²) >= 11 is 0. The molecule has 2 fully saturated rings. The van der Waals surface area contributed by atoms with E-state index in [-0.39, 0.29) is 38.6 Å². The lowest BCUT2D eigenvalue weighted by atomic mass is 9.75. The molecule has 0 aromatic carbocycles. The molecule has 0 spiro atoms. The Labute approximate surface area is 127 Å². The number of hydrogen-bond donors (Lipinski definition) is 3. The summed E-state index contributed by atoms with van der Waals surface area (Å²) in [5.74, 6) is -0.117. The number of fused-ring (bicyclic) bond motifs is 1. The van der Waals surface area contributed by atoms with E-state index in [4.69, 9.17) is 9.47 Å². The molecular formula is C13H23NO8. The summed E-state index contributed by atoms with van der Waals surface area (Å²) < 4.78 is 11.2. The zero-order chi connectivity index (χ0) is 16.5. The van der Waals surface area contributed by atoms with Gasteiger partial charge in [0.25, 0.3) is 5.09 Å². The highest BCUT2D eigenvalue weighted by Gasteiger charge is 2.68. The van der Waals surface area contributed by atoms with Gasteiger partial charge in [-0.2, -0.15) is 0 Å². The smallest absolute Gasteiger partial charge is 0.294 e. The average molecular weight is 321 g/mol. The van der Waals surface area contributed by atoms with Crippen LogP contribution in [-0.4, -0.2) is 69.7 Å². The van der Waals surface area contributed by atoms with E-state index < -0.39 is 34.6 Å². The number of nitrogens with zero attached hydrogens (tertiary/aromatic N) is 1. The zero-order valence-corrected chi connectivity index (χ0v) is 12.7. The van der Waals surface area contributed by atoms with Crippen LogP contribution in [0.5, 0.6) is 0 Å². The van der Waals surface area contributed by atoms with Crippen LogP contribution in [0.1, 0.15) is 26.7 Å². The van der Waals surface area contributed by atoms with Gasteiger partial charge in [0, 0.05) is 0 Å². The quantitative estimate of drug-likeness (QED) is 0.317. The lowest BCUT2D eigenvalue weighted by molar-refractivity contribution is -0.757. The first-order valence-electron chi connectivity index (χ1n) is 7.36. The first kappa shape index (κ1) is 17.4. The Morgan fingerprint density at radius 2 is 2.18 bits per heavy atom. The van der Waals surface area contributed by atoms with Crippen molar-refractivity contribution in [1.29, 1.82) is 0 Å². The highest BCUT2D eigenvalue weighted by atomic mass is 16.9. The summed E-state index contributed by atoms with van der Waals surface area (Å²) in [6.07, 6.45) is -2.62. The molecule has 2 aliphatic rings. The van der Waals surface area contributed by atoms with Crippen LogP contribution in [0.15, 0.2) is 0 Å². The Morgan fingerprint density at radius 3 is 2.77 bits per heavy atom. The Kier molecular flexibility index (Phi) is 4.93. The van der Waals surface area contributed by atoms with Gasteiger partial charge < -0.3 is 29.6 Å². The van der Waals surface area contributed by atoms with E-state index in [1.54, 1.807) is 0 Å². The first-order valence-corrected chi connectivity index (χ1v) is 7.36. The van der Waals surface area contributed by atoms with Crippen LogP contribution < -0.4 is 0 Å². The van der Waals surface area contributed by atoms with Crippen LogP contribution in [0.25, 0.3) is 0 Å². The van der Waals surface area contributed by atoms with Crippen LogP contribution in [0.2, 0.25) is 0 Å². The van der Waals surface area contributed by atoms with Crippen molar-refractivity contribution in [3.05, 3.63) is 10.1 Å². The molecule has 0 saturated carbocycles. The van der Waals surface area contributed by atoms with E-state index in [9.17, 15) is 25.4 Å². The lowest BCUT2D eigenvalue weighted by Crippen LogP contribution is -2.58. The second-order valence-corrected chi connectivity index (χ2v) is 6.23. The average Bonchev–Trinajstić information content (AvgIpc) is 2.94. The summed E-state index contributed by atoms with van der Waals surface area (Å²) in [7, 11) is 0. The summed E-state index contributed by atoms with van der Waals surface area (Å²) in [6.45, 7) is 3.42. The molecule has 1 unspecified atom stereocenters. The second-order valence-electron chi connectivity index (χ2n) is 6.23. The highest BCUT2D eigenvalue weighted by molar-refractivity contribution is 5.17. The second kappa shape index (κ2) is 6.25. The Hall–Kier alpha value is -1.00. The molecule has 9 nitrogen and oxygen atoms in total. The predicted octanol–water partition coefficient (Wildman–Crippen LogP) is -0.748. The fourth-order valence-corrected chi connectivity index (χ4v) is 3.44. The van der Waals surface area contributed by atoms with Gasteiger partial charge in [-0.3, -0.25) is 0 Å². The van der Waals surface area contributed by atoms with Gasteiger partial charge >= 0.3 is 0 Å². The summed E-state index contributed by atoms with van der Waals surface area (Å²) in [4.78, 5) is 14.2. The van der Waals surface area contributed by atoms with E-state index in [0.717, 1.165) is 0 Å². The number of rotatable bonds is 7. The van der Waals surface area contributed by atoms with Crippen LogP contribution >= 0.6 is 0 Å². The summed E-state index contributed by atoms with van der Waals surface area (Å²) in [5.41, 5.74) is -2.70. The van der Waals surface area contributed by atoms with Gasteiger partial charge in [0.2, 0.25) is 0 Å². The van der Waals surface area contributed by atoms with Crippen molar-refractivity contribution in [3.8, 4) is 0 Å².